The normalized spacial score (nSPS) is 15.0. The summed E-state index contributed by atoms with van der Waals surface area (Å²) in [4.78, 5) is 12.5. The summed E-state index contributed by atoms with van der Waals surface area (Å²) in [6.07, 6.45) is 3.85. The Balaban J connectivity index is 1.91. The fourth-order valence-corrected chi connectivity index (χ4v) is 3.01. The van der Waals surface area contributed by atoms with Gasteiger partial charge in [-0.3, -0.25) is 4.79 Å². The van der Waals surface area contributed by atoms with Crippen LogP contribution in [-0.2, 0) is 0 Å². The van der Waals surface area contributed by atoms with E-state index in [2.05, 4.69) is 34.7 Å². The van der Waals surface area contributed by atoms with E-state index in [1.807, 2.05) is 36.4 Å². The van der Waals surface area contributed by atoms with Crippen LogP contribution in [0.3, 0.4) is 0 Å². The van der Waals surface area contributed by atoms with Crippen molar-refractivity contribution in [2.75, 3.05) is 0 Å². The van der Waals surface area contributed by atoms with Gasteiger partial charge in [0.1, 0.15) is 0 Å². The van der Waals surface area contributed by atoms with Crippen LogP contribution in [0.1, 0.15) is 46.7 Å². The Morgan fingerprint density at radius 3 is 2.32 bits per heavy atom. The lowest BCUT2D eigenvalue weighted by molar-refractivity contribution is 0.103. The molecule has 0 unspecified atom stereocenters. The van der Waals surface area contributed by atoms with Crippen molar-refractivity contribution in [1.82, 2.24) is 0 Å². The first kappa shape index (κ1) is 12.9. The molecule has 0 radical (unpaired) electrons. The minimum Gasteiger partial charge on any atom is -0.289 e. The summed E-state index contributed by atoms with van der Waals surface area (Å²) >= 11 is 2.24. The van der Waals surface area contributed by atoms with Gasteiger partial charge in [0.25, 0.3) is 0 Å². The molecule has 0 amide bonds. The molecule has 1 fully saturated rings. The van der Waals surface area contributed by atoms with Crippen LogP contribution in [0.2, 0.25) is 0 Å². The number of rotatable bonds is 3. The Hall–Kier alpha value is -1.16. The highest BCUT2D eigenvalue weighted by Crippen LogP contribution is 2.36. The van der Waals surface area contributed by atoms with Crippen LogP contribution >= 0.6 is 22.6 Å². The Kier molecular flexibility index (Phi) is 3.69. The quantitative estimate of drug-likeness (QED) is 0.567. The van der Waals surface area contributed by atoms with Gasteiger partial charge in [-0.25, -0.2) is 0 Å². The van der Waals surface area contributed by atoms with Crippen molar-refractivity contribution in [2.24, 2.45) is 0 Å². The number of benzene rings is 2. The molecule has 2 heteroatoms. The van der Waals surface area contributed by atoms with Gasteiger partial charge in [-0.1, -0.05) is 36.8 Å². The molecule has 2 aromatic carbocycles. The first-order chi connectivity index (χ1) is 9.24. The SMILES string of the molecule is O=C(c1cccc(I)c1)c1cccc(C2CCC2)c1. The van der Waals surface area contributed by atoms with Crippen molar-refractivity contribution in [3.05, 3.63) is 68.8 Å². The van der Waals surface area contributed by atoms with Gasteiger partial charge in [0.05, 0.1) is 0 Å². The summed E-state index contributed by atoms with van der Waals surface area (Å²) in [7, 11) is 0. The summed E-state index contributed by atoms with van der Waals surface area (Å²) in [6, 6.07) is 15.9. The monoisotopic (exact) mass is 362 g/mol. The number of hydrogen-bond donors (Lipinski definition) is 0. The maximum atomic E-state index is 12.5. The fraction of sp³-hybridized carbons (Fsp3) is 0.235. The average Bonchev–Trinajstić information content (AvgIpc) is 2.36. The molecular formula is C17H15IO. The molecule has 96 valence electrons. The molecular weight excluding hydrogens is 347 g/mol. The van der Waals surface area contributed by atoms with E-state index in [0.717, 1.165) is 14.7 Å². The van der Waals surface area contributed by atoms with Crippen molar-refractivity contribution in [3.63, 3.8) is 0 Å². The third kappa shape index (κ3) is 2.73. The van der Waals surface area contributed by atoms with Crippen molar-refractivity contribution >= 4 is 28.4 Å². The molecule has 0 spiro atoms. The summed E-state index contributed by atoms with van der Waals surface area (Å²) < 4.78 is 1.10. The molecule has 0 N–H and O–H groups in total. The smallest absolute Gasteiger partial charge is 0.193 e. The highest BCUT2D eigenvalue weighted by Gasteiger charge is 2.20. The lowest BCUT2D eigenvalue weighted by Gasteiger charge is -2.26. The third-order valence-electron chi connectivity index (χ3n) is 3.81. The Morgan fingerprint density at radius 2 is 1.68 bits per heavy atom. The van der Waals surface area contributed by atoms with Gasteiger partial charge >= 0.3 is 0 Å². The molecule has 1 aliphatic rings. The first-order valence-corrected chi connectivity index (χ1v) is 7.72. The average molecular weight is 362 g/mol. The van der Waals surface area contributed by atoms with Crippen LogP contribution in [0.25, 0.3) is 0 Å². The zero-order valence-corrected chi connectivity index (χ0v) is 12.8. The van der Waals surface area contributed by atoms with Crippen molar-refractivity contribution in [2.45, 2.75) is 25.2 Å². The zero-order valence-electron chi connectivity index (χ0n) is 10.6. The van der Waals surface area contributed by atoms with Crippen LogP contribution in [-0.4, -0.2) is 5.78 Å². The number of hydrogen-bond acceptors (Lipinski definition) is 1. The highest BCUT2D eigenvalue weighted by atomic mass is 127. The molecule has 19 heavy (non-hydrogen) atoms. The maximum absolute atomic E-state index is 12.5. The molecule has 3 rings (SSSR count). The van der Waals surface area contributed by atoms with E-state index in [9.17, 15) is 4.79 Å². The third-order valence-corrected chi connectivity index (χ3v) is 4.48. The van der Waals surface area contributed by atoms with Gasteiger partial charge in [-0.15, -0.1) is 0 Å². The second kappa shape index (κ2) is 5.45. The number of halogens is 1. The van der Waals surface area contributed by atoms with Gasteiger partial charge in [0.2, 0.25) is 0 Å². The largest absolute Gasteiger partial charge is 0.289 e. The Bertz CT molecular complexity index is 614. The zero-order chi connectivity index (χ0) is 13.2. The van der Waals surface area contributed by atoms with Crippen molar-refractivity contribution in [1.29, 1.82) is 0 Å². The van der Waals surface area contributed by atoms with E-state index >= 15 is 0 Å². The molecule has 1 nitrogen and oxygen atoms in total. The molecule has 0 atom stereocenters. The molecule has 0 bridgehead atoms. The van der Waals surface area contributed by atoms with Gasteiger partial charge in [-0.2, -0.15) is 0 Å². The highest BCUT2D eigenvalue weighted by molar-refractivity contribution is 14.1. The van der Waals surface area contributed by atoms with Crippen LogP contribution < -0.4 is 0 Å². The second-order valence-corrected chi connectivity index (χ2v) is 6.34. The summed E-state index contributed by atoms with van der Waals surface area (Å²) in [5.74, 6) is 0.795. The minimum atomic E-state index is 0.125. The summed E-state index contributed by atoms with van der Waals surface area (Å²) in [6.45, 7) is 0. The predicted molar refractivity (Wildman–Crippen MR) is 85.6 cm³/mol. The van der Waals surface area contributed by atoms with Crippen LogP contribution in [0, 0.1) is 3.57 Å². The molecule has 0 aliphatic heterocycles. The van der Waals surface area contributed by atoms with Crippen LogP contribution in [0.15, 0.2) is 48.5 Å². The van der Waals surface area contributed by atoms with Crippen molar-refractivity contribution in [3.8, 4) is 0 Å². The second-order valence-electron chi connectivity index (χ2n) is 5.09. The summed E-state index contributed by atoms with van der Waals surface area (Å²) in [5, 5.41) is 0. The Labute approximate surface area is 127 Å². The molecule has 2 aromatic rings. The number of carbonyl (C=O) groups excluding carboxylic acids is 1. The molecule has 1 saturated carbocycles. The van der Waals surface area contributed by atoms with E-state index < -0.39 is 0 Å². The Morgan fingerprint density at radius 1 is 1.00 bits per heavy atom. The molecule has 0 aromatic heterocycles. The van der Waals surface area contributed by atoms with E-state index in [4.69, 9.17) is 0 Å². The van der Waals surface area contributed by atoms with E-state index in [1.165, 1.54) is 24.8 Å². The maximum Gasteiger partial charge on any atom is 0.193 e. The van der Waals surface area contributed by atoms with Gasteiger partial charge in [0.15, 0.2) is 5.78 Å². The van der Waals surface area contributed by atoms with Gasteiger partial charge in [-0.05, 0) is 65.1 Å². The lowest BCUT2D eigenvalue weighted by atomic mass is 9.79. The van der Waals surface area contributed by atoms with E-state index in [-0.39, 0.29) is 5.78 Å². The van der Waals surface area contributed by atoms with Gasteiger partial charge < -0.3 is 0 Å². The first-order valence-electron chi connectivity index (χ1n) is 6.64. The number of ketones is 1. The minimum absolute atomic E-state index is 0.125. The van der Waals surface area contributed by atoms with E-state index in [1.54, 1.807) is 0 Å². The fourth-order valence-electron chi connectivity index (χ4n) is 2.47. The topological polar surface area (TPSA) is 17.1 Å². The van der Waals surface area contributed by atoms with Gasteiger partial charge in [0, 0.05) is 14.7 Å². The van der Waals surface area contributed by atoms with Crippen LogP contribution in [0.5, 0.6) is 0 Å². The molecule has 1 aliphatic carbocycles. The number of carbonyl (C=O) groups is 1. The predicted octanol–water partition coefficient (Wildman–Crippen LogP) is 4.79. The summed E-state index contributed by atoms with van der Waals surface area (Å²) in [5.41, 5.74) is 2.91. The lowest BCUT2D eigenvalue weighted by Crippen LogP contribution is -2.10. The van der Waals surface area contributed by atoms with Crippen molar-refractivity contribution < 1.29 is 4.79 Å². The standard InChI is InChI=1S/C17H15IO/c18-16-9-3-8-15(11-16)17(19)14-7-2-6-13(10-14)12-4-1-5-12/h2-3,6-12H,1,4-5H2. The molecule has 0 heterocycles. The molecule has 0 saturated heterocycles. The van der Waals surface area contributed by atoms with Crippen LogP contribution in [0.4, 0.5) is 0 Å². The van der Waals surface area contributed by atoms with E-state index in [0.29, 0.717) is 5.92 Å².